The molecule has 1 aliphatic rings. The number of para-hydroxylation sites is 1. The second-order valence-corrected chi connectivity index (χ2v) is 4.82. The van der Waals surface area contributed by atoms with Gasteiger partial charge < -0.3 is 10.1 Å². The first-order valence-electron chi connectivity index (χ1n) is 6.13. The van der Waals surface area contributed by atoms with Crippen LogP contribution < -0.4 is 5.32 Å². The van der Waals surface area contributed by atoms with E-state index in [4.69, 9.17) is 4.74 Å². The average Bonchev–Trinajstić information content (AvgIpc) is 2.29. The van der Waals surface area contributed by atoms with E-state index in [1.165, 1.54) is 31.4 Å². The molecule has 1 fully saturated rings. The molecule has 0 aromatic heterocycles. The molecule has 2 nitrogen and oxygen atoms in total. The van der Waals surface area contributed by atoms with Crippen LogP contribution in [0.1, 0.15) is 25.7 Å². The van der Waals surface area contributed by atoms with Crippen LogP contribution in [0.4, 0.5) is 5.69 Å². The van der Waals surface area contributed by atoms with E-state index >= 15 is 0 Å². The summed E-state index contributed by atoms with van der Waals surface area (Å²) in [6, 6.07) is 10.5. The quantitative estimate of drug-likeness (QED) is 0.792. The standard InChI is InChI=1S/C14H21NO/c1-16-11-10-14(8-5-9-14)12-15-13-6-3-2-4-7-13/h2-4,6-7,15H,5,8-12H2,1H3. The number of hydrogen-bond acceptors (Lipinski definition) is 2. The van der Waals surface area contributed by atoms with Gasteiger partial charge in [-0.15, -0.1) is 0 Å². The summed E-state index contributed by atoms with van der Waals surface area (Å²) < 4.78 is 5.20. The van der Waals surface area contributed by atoms with Crippen molar-refractivity contribution in [3.63, 3.8) is 0 Å². The first-order chi connectivity index (χ1) is 7.85. The molecule has 88 valence electrons. The molecular weight excluding hydrogens is 198 g/mol. The van der Waals surface area contributed by atoms with Crippen LogP contribution in [0, 0.1) is 5.41 Å². The molecule has 0 amide bonds. The number of nitrogens with one attached hydrogen (secondary N) is 1. The summed E-state index contributed by atoms with van der Waals surface area (Å²) in [5.41, 5.74) is 1.72. The number of methoxy groups -OCH3 is 1. The minimum atomic E-state index is 0.492. The van der Waals surface area contributed by atoms with Crippen LogP contribution in [0.25, 0.3) is 0 Å². The maximum Gasteiger partial charge on any atom is 0.0468 e. The Balaban J connectivity index is 1.83. The Morgan fingerprint density at radius 2 is 2.00 bits per heavy atom. The minimum absolute atomic E-state index is 0.492. The Bertz CT molecular complexity index is 306. The largest absolute Gasteiger partial charge is 0.385 e. The van der Waals surface area contributed by atoms with Crippen molar-refractivity contribution < 1.29 is 4.74 Å². The third kappa shape index (κ3) is 2.76. The molecule has 1 aromatic carbocycles. The van der Waals surface area contributed by atoms with E-state index in [0.29, 0.717) is 5.41 Å². The van der Waals surface area contributed by atoms with Crippen molar-refractivity contribution in [3.05, 3.63) is 30.3 Å². The minimum Gasteiger partial charge on any atom is -0.385 e. The number of anilines is 1. The monoisotopic (exact) mass is 219 g/mol. The maximum atomic E-state index is 5.20. The van der Waals surface area contributed by atoms with Crippen LogP contribution in [0.5, 0.6) is 0 Å². The predicted molar refractivity (Wildman–Crippen MR) is 67.7 cm³/mol. The molecule has 0 aliphatic heterocycles. The smallest absolute Gasteiger partial charge is 0.0468 e. The molecule has 0 heterocycles. The Labute approximate surface area is 98.0 Å². The second-order valence-electron chi connectivity index (χ2n) is 4.82. The van der Waals surface area contributed by atoms with Crippen LogP contribution in [-0.2, 0) is 4.74 Å². The van der Waals surface area contributed by atoms with Gasteiger partial charge in [-0.25, -0.2) is 0 Å². The first kappa shape index (κ1) is 11.5. The van der Waals surface area contributed by atoms with Crippen LogP contribution >= 0.6 is 0 Å². The highest BCUT2D eigenvalue weighted by atomic mass is 16.5. The van der Waals surface area contributed by atoms with Crippen molar-refractivity contribution in [1.82, 2.24) is 0 Å². The van der Waals surface area contributed by atoms with E-state index in [0.717, 1.165) is 13.2 Å². The van der Waals surface area contributed by atoms with E-state index in [9.17, 15) is 0 Å². The zero-order valence-corrected chi connectivity index (χ0v) is 10.0. The van der Waals surface area contributed by atoms with Crippen LogP contribution in [0.15, 0.2) is 30.3 Å². The van der Waals surface area contributed by atoms with Crippen LogP contribution in [0.3, 0.4) is 0 Å². The molecule has 0 spiro atoms. The van der Waals surface area contributed by atoms with Crippen molar-refractivity contribution in [3.8, 4) is 0 Å². The molecule has 1 aliphatic carbocycles. The first-order valence-corrected chi connectivity index (χ1v) is 6.13. The zero-order chi connectivity index (χ0) is 11.3. The molecule has 16 heavy (non-hydrogen) atoms. The Hall–Kier alpha value is -1.02. The van der Waals surface area contributed by atoms with Gasteiger partial charge in [0.2, 0.25) is 0 Å². The fraction of sp³-hybridized carbons (Fsp3) is 0.571. The lowest BCUT2D eigenvalue weighted by atomic mass is 9.66. The molecule has 2 heteroatoms. The molecule has 1 aromatic rings. The maximum absolute atomic E-state index is 5.20. The van der Waals surface area contributed by atoms with Gasteiger partial charge in [0.15, 0.2) is 0 Å². The van der Waals surface area contributed by atoms with Gasteiger partial charge in [-0.3, -0.25) is 0 Å². The van der Waals surface area contributed by atoms with Gasteiger partial charge in [-0.05, 0) is 36.8 Å². The van der Waals surface area contributed by atoms with Crippen molar-refractivity contribution in [2.45, 2.75) is 25.7 Å². The molecule has 0 radical (unpaired) electrons. The highest BCUT2D eigenvalue weighted by Gasteiger charge is 2.36. The molecule has 0 unspecified atom stereocenters. The normalized spacial score (nSPS) is 17.8. The molecule has 1 saturated carbocycles. The Kier molecular flexibility index (Phi) is 3.83. The molecular formula is C14H21NO. The van der Waals surface area contributed by atoms with E-state index in [1.807, 2.05) is 0 Å². The second kappa shape index (κ2) is 5.35. The summed E-state index contributed by atoms with van der Waals surface area (Å²) in [4.78, 5) is 0. The number of hydrogen-bond donors (Lipinski definition) is 1. The summed E-state index contributed by atoms with van der Waals surface area (Å²) in [5.74, 6) is 0. The SMILES string of the molecule is COCCC1(CNc2ccccc2)CCC1. The molecule has 1 N–H and O–H groups in total. The van der Waals surface area contributed by atoms with Gasteiger partial charge in [-0.1, -0.05) is 24.6 Å². The molecule has 0 saturated heterocycles. The van der Waals surface area contributed by atoms with Gasteiger partial charge in [0.1, 0.15) is 0 Å². The van der Waals surface area contributed by atoms with Crippen molar-refractivity contribution in [2.24, 2.45) is 5.41 Å². The topological polar surface area (TPSA) is 21.3 Å². The number of ether oxygens (including phenoxy) is 1. The van der Waals surface area contributed by atoms with Crippen molar-refractivity contribution in [1.29, 1.82) is 0 Å². The number of rotatable bonds is 6. The predicted octanol–water partition coefficient (Wildman–Crippen LogP) is 3.31. The van der Waals surface area contributed by atoms with Crippen molar-refractivity contribution in [2.75, 3.05) is 25.6 Å². The van der Waals surface area contributed by atoms with E-state index < -0.39 is 0 Å². The highest BCUT2D eigenvalue weighted by molar-refractivity contribution is 5.42. The van der Waals surface area contributed by atoms with E-state index in [2.05, 4.69) is 35.6 Å². The third-order valence-corrected chi connectivity index (χ3v) is 3.69. The highest BCUT2D eigenvalue weighted by Crippen LogP contribution is 2.43. The van der Waals surface area contributed by atoms with Gasteiger partial charge in [-0.2, -0.15) is 0 Å². The summed E-state index contributed by atoms with van der Waals surface area (Å²) in [5, 5.41) is 3.54. The molecule has 2 rings (SSSR count). The fourth-order valence-electron chi connectivity index (χ4n) is 2.36. The van der Waals surface area contributed by atoms with Gasteiger partial charge in [0.25, 0.3) is 0 Å². The van der Waals surface area contributed by atoms with Crippen molar-refractivity contribution >= 4 is 5.69 Å². The van der Waals surface area contributed by atoms with Crippen LogP contribution in [0.2, 0.25) is 0 Å². The summed E-state index contributed by atoms with van der Waals surface area (Å²) in [7, 11) is 1.79. The van der Waals surface area contributed by atoms with E-state index in [1.54, 1.807) is 7.11 Å². The summed E-state index contributed by atoms with van der Waals surface area (Å²) in [6.07, 6.45) is 5.25. The lowest BCUT2D eigenvalue weighted by Gasteiger charge is -2.42. The fourth-order valence-corrected chi connectivity index (χ4v) is 2.36. The third-order valence-electron chi connectivity index (χ3n) is 3.69. The lowest BCUT2D eigenvalue weighted by molar-refractivity contribution is 0.0813. The zero-order valence-electron chi connectivity index (χ0n) is 10.0. The Morgan fingerprint density at radius 1 is 1.25 bits per heavy atom. The summed E-state index contributed by atoms with van der Waals surface area (Å²) >= 11 is 0. The van der Waals surface area contributed by atoms with E-state index in [-0.39, 0.29) is 0 Å². The van der Waals surface area contributed by atoms with Crippen LogP contribution in [-0.4, -0.2) is 20.3 Å². The average molecular weight is 219 g/mol. The summed E-state index contributed by atoms with van der Waals surface area (Å²) in [6.45, 7) is 1.97. The van der Waals surface area contributed by atoms with Gasteiger partial charge in [0, 0.05) is 25.9 Å². The lowest BCUT2D eigenvalue weighted by Crippen LogP contribution is -2.37. The number of benzene rings is 1. The molecule has 0 atom stereocenters. The molecule has 0 bridgehead atoms. The van der Waals surface area contributed by atoms with Gasteiger partial charge >= 0.3 is 0 Å². The van der Waals surface area contributed by atoms with Gasteiger partial charge in [0.05, 0.1) is 0 Å². The Morgan fingerprint density at radius 3 is 2.56 bits per heavy atom.